The lowest BCUT2D eigenvalue weighted by Gasteiger charge is -2.09. The zero-order valence-corrected chi connectivity index (χ0v) is 12.1. The van der Waals surface area contributed by atoms with Crippen LogP contribution in [0.15, 0.2) is 24.3 Å². The van der Waals surface area contributed by atoms with Gasteiger partial charge in [-0.1, -0.05) is 6.07 Å². The van der Waals surface area contributed by atoms with Crippen LogP contribution < -0.4 is 11.1 Å². The Morgan fingerprint density at radius 3 is 2.85 bits per heavy atom. The summed E-state index contributed by atoms with van der Waals surface area (Å²) in [4.78, 5) is 11.6. The van der Waals surface area contributed by atoms with E-state index in [2.05, 4.69) is 20.8 Å². The topological polar surface area (TPSA) is 98.7 Å². The second-order valence-corrected chi connectivity index (χ2v) is 4.42. The van der Waals surface area contributed by atoms with Gasteiger partial charge in [0.15, 0.2) is 5.82 Å². The summed E-state index contributed by atoms with van der Waals surface area (Å²) in [6, 6.07) is 7.15. The van der Waals surface area contributed by atoms with Gasteiger partial charge in [0, 0.05) is 18.2 Å². The number of tetrazole rings is 1. The van der Waals surface area contributed by atoms with E-state index in [1.54, 1.807) is 18.5 Å². The minimum absolute atomic E-state index is 0. The van der Waals surface area contributed by atoms with Crippen LogP contribution in [0.3, 0.4) is 0 Å². The van der Waals surface area contributed by atoms with Crippen LogP contribution in [0.1, 0.15) is 19.2 Å². The van der Waals surface area contributed by atoms with E-state index in [1.807, 2.05) is 24.3 Å². The fourth-order valence-corrected chi connectivity index (χ4v) is 1.69. The largest absolute Gasteiger partial charge is 0.327 e. The first-order valence-corrected chi connectivity index (χ1v) is 5.97. The summed E-state index contributed by atoms with van der Waals surface area (Å²) in [5.74, 6) is 0.569. The lowest BCUT2D eigenvalue weighted by molar-refractivity contribution is -0.116. The number of aromatic nitrogens is 4. The van der Waals surface area contributed by atoms with Gasteiger partial charge < -0.3 is 11.1 Å². The summed E-state index contributed by atoms with van der Waals surface area (Å²) in [6.45, 7) is 3.60. The molecule has 108 valence electrons. The maximum Gasteiger partial charge on any atom is 0.225 e. The highest BCUT2D eigenvalue weighted by atomic mass is 35.5. The van der Waals surface area contributed by atoms with Gasteiger partial charge in [-0.25, -0.2) is 0 Å². The third-order valence-electron chi connectivity index (χ3n) is 2.51. The Hall–Kier alpha value is -1.99. The Morgan fingerprint density at radius 2 is 2.25 bits per heavy atom. The van der Waals surface area contributed by atoms with Gasteiger partial charge in [0.05, 0.1) is 5.69 Å². The summed E-state index contributed by atoms with van der Waals surface area (Å²) in [5, 5.41) is 14.1. The van der Waals surface area contributed by atoms with Crippen molar-refractivity contribution < 1.29 is 4.79 Å². The molecule has 0 spiro atoms. The number of carbonyl (C=O) groups is 1. The number of halogens is 1. The predicted molar refractivity (Wildman–Crippen MR) is 78.0 cm³/mol. The number of anilines is 1. The van der Waals surface area contributed by atoms with Crippen LogP contribution in [0, 0.1) is 6.92 Å². The number of aryl methyl sites for hydroxylation is 1. The Kier molecular flexibility index (Phi) is 5.60. The van der Waals surface area contributed by atoms with Crippen LogP contribution >= 0.6 is 12.4 Å². The van der Waals surface area contributed by atoms with Crippen molar-refractivity contribution in [1.82, 2.24) is 20.2 Å². The van der Waals surface area contributed by atoms with Gasteiger partial charge in [-0.05, 0) is 42.5 Å². The number of carbonyl (C=O) groups excluding carboxylic acids is 1. The Labute approximate surface area is 123 Å². The number of nitrogens with one attached hydrogen (secondary N) is 1. The minimum atomic E-state index is -0.162. The van der Waals surface area contributed by atoms with E-state index in [-0.39, 0.29) is 30.8 Å². The van der Waals surface area contributed by atoms with Gasteiger partial charge in [-0.2, -0.15) is 4.68 Å². The van der Waals surface area contributed by atoms with Gasteiger partial charge in [0.2, 0.25) is 5.91 Å². The monoisotopic (exact) mass is 296 g/mol. The van der Waals surface area contributed by atoms with E-state index in [0.29, 0.717) is 11.5 Å². The third kappa shape index (κ3) is 4.01. The van der Waals surface area contributed by atoms with Crippen molar-refractivity contribution in [2.45, 2.75) is 26.3 Å². The molecule has 1 unspecified atom stereocenters. The molecule has 1 aromatic carbocycles. The number of hydrogen-bond donors (Lipinski definition) is 2. The van der Waals surface area contributed by atoms with E-state index in [0.717, 1.165) is 5.69 Å². The fraction of sp³-hybridized carbons (Fsp3) is 0.333. The fourth-order valence-electron chi connectivity index (χ4n) is 1.69. The molecule has 20 heavy (non-hydrogen) atoms. The average molecular weight is 297 g/mol. The SMILES string of the molecule is Cc1nnnn1-c1cccc(NC(=O)CC(C)N)c1.Cl. The number of nitrogens with zero attached hydrogens (tertiary/aromatic N) is 4. The van der Waals surface area contributed by atoms with E-state index < -0.39 is 0 Å². The standard InChI is InChI=1S/C12H16N6O.ClH/c1-8(13)6-12(19)14-10-4-3-5-11(7-10)18-9(2)15-16-17-18;/h3-5,7-8H,6,13H2,1-2H3,(H,14,19);1H. The van der Waals surface area contributed by atoms with Crippen molar-refractivity contribution in [3.8, 4) is 5.69 Å². The molecule has 0 saturated heterocycles. The molecule has 1 heterocycles. The maximum absolute atomic E-state index is 11.6. The van der Waals surface area contributed by atoms with Crippen LogP contribution in [-0.4, -0.2) is 32.2 Å². The summed E-state index contributed by atoms with van der Waals surface area (Å²) < 4.78 is 1.60. The molecule has 1 atom stereocenters. The molecule has 7 nitrogen and oxygen atoms in total. The van der Waals surface area contributed by atoms with Gasteiger partial charge >= 0.3 is 0 Å². The third-order valence-corrected chi connectivity index (χ3v) is 2.51. The van der Waals surface area contributed by atoms with E-state index in [1.165, 1.54) is 0 Å². The van der Waals surface area contributed by atoms with Crippen molar-refractivity contribution in [1.29, 1.82) is 0 Å². The number of rotatable bonds is 4. The van der Waals surface area contributed by atoms with Crippen molar-refractivity contribution in [2.24, 2.45) is 5.73 Å². The molecule has 0 radical (unpaired) electrons. The molecule has 1 amide bonds. The van der Waals surface area contributed by atoms with Gasteiger partial charge in [0.1, 0.15) is 0 Å². The zero-order valence-electron chi connectivity index (χ0n) is 11.3. The molecule has 1 aromatic heterocycles. The van der Waals surface area contributed by atoms with E-state index in [9.17, 15) is 4.79 Å². The summed E-state index contributed by atoms with van der Waals surface area (Å²) in [6.07, 6.45) is 0.286. The molecule has 2 rings (SSSR count). The second kappa shape index (κ2) is 6.97. The molecule has 0 fully saturated rings. The minimum Gasteiger partial charge on any atom is -0.327 e. The van der Waals surface area contributed by atoms with Crippen LogP contribution in [0.5, 0.6) is 0 Å². The van der Waals surface area contributed by atoms with Gasteiger partial charge in [-0.15, -0.1) is 17.5 Å². The Balaban J connectivity index is 0.00000200. The quantitative estimate of drug-likeness (QED) is 0.879. The number of benzene rings is 1. The first kappa shape index (κ1) is 16.1. The molecular formula is C12H17ClN6O. The number of hydrogen-bond acceptors (Lipinski definition) is 5. The van der Waals surface area contributed by atoms with E-state index in [4.69, 9.17) is 5.73 Å². The summed E-state index contributed by atoms with van der Waals surface area (Å²) in [7, 11) is 0. The van der Waals surface area contributed by atoms with Gasteiger partial charge in [-0.3, -0.25) is 4.79 Å². The smallest absolute Gasteiger partial charge is 0.225 e. The Morgan fingerprint density at radius 1 is 1.50 bits per heavy atom. The van der Waals surface area contributed by atoms with E-state index >= 15 is 0 Å². The molecule has 8 heteroatoms. The normalized spacial score (nSPS) is 11.6. The van der Waals surface area contributed by atoms with Crippen molar-refractivity contribution >= 4 is 24.0 Å². The van der Waals surface area contributed by atoms with Crippen LogP contribution in [0.25, 0.3) is 5.69 Å². The lowest BCUT2D eigenvalue weighted by Crippen LogP contribution is -2.24. The molecule has 0 aliphatic rings. The lowest BCUT2D eigenvalue weighted by atomic mass is 10.2. The van der Waals surface area contributed by atoms with Gasteiger partial charge in [0.25, 0.3) is 0 Å². The maximum atomic E-state index is 11.6. The number of nitrogens with two attached hydrogens (primary N) is 1. The van der Waals surface area contributed by atoms with Crippen LogP contribution in [0.2, 0.25) is 0 Å². The summed E-state index contributed by atoms with van der Waals surface area (Å²) >= 11 is 0. The molecule has 0 aliphatic heterocycles. The zero-order chi connectivity index (χ0) is 13.8. The first-order chi connectivity index (χ1) is 9.06. The molecule has 0 bridgehead atoms. The highest BCUT2D eigenvalue weighted by Crippen LogP contribution is 2.14. The molecule has 2 aromatic rings. The average Bonchev–Trinajstić information content (AvgIpc) is 2.74. The predicted octanol–water partition coefficient (Wildman–Crippen LogP) is 1.07. The molecule has 3 N–H and O–H groups in total. The van der Waals surface area contributed by atoms with Crippen LogP contribution in [0.4, 0.5) is 5.69 Å². The second-order valence-electron chi connectivity index (χ2n) is 4.42. The van der Waals surface area contributed by atoms with Crippen LogP contribution in [-0.2, 0) is 4.79 Å². The first-order valence-electron chi connectivity index (χ1n) is 5.97. The Bertz CT molecular complexity index is 583. The van der Waals surface area contributed by atoms with Crippen molar-refractivity contribution in [3.63, 3.8) is 0 Å². The number of amides is 1. The molecule has 0 saturated carbocycles. The van der Waals surface area contributed by atoms with Crippen molar-refractivity contribution in [3.05, 3.63) is 30.1 Å². The summed E-state index contributed by atoms with van der Waals surface area (Å²) in [5.41, 5.74) is 7.07. The molecular weight excluding hydrogens is 280 g/mol. The van der Waals surface area contributed by atoms with Crippen molar-refractivity contribution in [2.75, 3.05) is 5.32 Å². The highest BCUT2D eigenvalue weighted by molar-refractivity contribution is 5.91. The highest BCUT2D eigenvalue weighted by Gasteiger charge is 2.07. The molecule has 0 aliphatic carbocycles.